The molecule has 0 unspecified atom stereocenters. The van der Waals surface area contributed by atoms with E-state index in [1.165, 1.54) is 6.20 Å². The zero-order chi connectivity index (χ0) is 15.5. The molecule has 0 spiro atoms. The van der Waals surface area contributed by atoms with Crippen LogP contribution in [0.2, 0.25) is 5.02 Å². The van der Waals surface area contributed by atoms with Gasteiger partial charge in [-0.2, -0.15) is 0 Å². The second kappa shape index (κ2) is 6.15. The van der Waals surface area contributed by atoms with E-state index >= 15 is 0 Å². The van der Waals surface area contributed by atoms with E-state index < -0.39 is 0 Å². The Balaban J connectivity index is 1.81. The molecule has 1 aromatic heterocycles. The lowest BCUT2D eigenvalue weighted by Crippen LogP contribution is -2.14. The van der Waals surface area contributed by atoms with Gasteiger partial charge < -0.3 is 10.6 Å². The molecule has 2 amide bonds. The van der Waals surface area contributed by atoms with Crippen LogP contribution in [0, 0.1) is 0 Å². The van der Waals surface area contributed by atoms with Crippen molar-refractivity contribution >= 4 is 34.9 Å². The average Bonchev–Trinajstić information content (AvgIpc) is 2.67. The van der Waals surface area contributed by atoms with E-state index in [0.717, 1.165) is 24.1 Å². The van der Waals surface area contributed by atoms with Gasteiger partial charge in [0.15, 0.2) is 0 Å². The predicted molar refractivity (Wildman–Crippen MR) is 85.2 cm³/mol. The maximum Gasteiger partial charge on any atom is 0.256 e. The summed E-state index contributed by atoms with van der Waals surface area (Å²) in [5.41, 5.74) is 2.27. The topological polar surface area (TPSA) is 71.1 Å². The minimum absolute atomic E-state index is 0.0130. The fraction of sp³-hybridized carbons (Fsp3) is 0.188. The Morgan fingerprint density at radius 1 is 1.23 bits per heavy atom. The maximum absolute atomic E-state index is 12.3. The number of hydrogen-bond acceptors (Lipinski definition) is 3. The minimum Gasteiger partial charge on any atom is -0.326 e. The molecule has 0 atom stereocenters. The molecule has 22 heavy (non-hydrogen) atoms. The molecule has 112 valence electrons. The number of aryl methyl sites for hydroxylation is 1. The number of pyridine rings is 1. The highest BCUT2D eigenvalue weighted by molar-refractivity contribution is 6.30. The summed E-state index contributed by atoms with van der Waals surface area (Å²) in [5, 5.41) is 6.06. The van der Waals surface area contributed by atoms with Crippen LogP contribution >= 0.6 is 11.6 Å². The number of nitrogens with one attached hydrogen (secondary N) is 2. The zero-order valence-electron chi connectivity index (χ0n) is 11.7. The van der Waals surface area contributed by atoms with Crippen LogP contribution in [0.25, 0.3) is 0 Å². The molecule has 6 heteroatoms. The number of hydrogen-bond donors (Lipinski definition) is 2. The van der Waals surface area contributed by atoms with Gasteiger partial charge in [-0.1, -0.05) is 11.6 Å². The average molecular weight is 316 g/mol. The second-order valence-corrected chi connectivity index (χ2v) is 5.52. The van der Waals surface area contributed by atoms with E-state index in [0.29, 0.717) is 22.8 Å². The third kappa shape index (κ3) is 3.26. The van der Waals surface area contributed by atoms with E-state index in [4.69, 9.17) is 11.6 Å². The van der Waals surface area contributed by atoms with Gasteiger partial charge in [0, 0.05) is 28.9 Å². The molecule has 3 rings (SSSR count). The Kier molecular flexibility index (Phi) is 4.06. The normalized spacial score (nSPS) is 13.8. The van der Waals surface area contributed by atoms with E-state index in [1.807, 2.05) is 0 Å². The zero-order valence-corrected chi connectivity index (χ0v) is 12.5. The van der Waals surface area contributed by atoms with E-state index in [-0.39, 0.29) is 11.8 Å². The summed E-state index contributed by atoms with van der Waals surface area (Å²) in [6, 6.07) is 8.48. The SMILES string of the molecule is O=C1CCCc2cc(C(=O)Nc3cc(Cl)ccn3)ccc2N1. The molecule has 2 heterocycles. The van der Waals surface area contributed by atoms with Crippen molar-refractivity contribution in [2.24, 2.45) is 0 Å². The predicted octanol–water partition coefficient (Wildman–Crippen LogP) is 3.26. The van der Waals surface area contributed by atoms with Crippen molar-refractivity contribution in [1.29, 1.82) is 0 Å². The summed E-state index contributed by atoms with van der Waals surface area (Å²) in [4.78, 5) is 27.9. The van der Waals surface area contributed by atoms with Crippen molar-refractivity contribution in [2.75, 3.05) is 10.6 Å². The first-order chi connectivity index (χ1) is 10.6. The molecule has 1 aliphatic rings. The molecule has 0 radical (unpaired) electrons. The quantitative estimate of drug-likeness (QED) is 0.893. The Bertz CT molecular complexity index is 746. The summed E-state index contributed by atoms with van der Waals surface area (Å²) in [7, 11) is 0. The summed E-state index contributed by atoms with van der Waals surface area (Å²) in [6.07, 6.45) is 3.58. The van der Waals surface area contributed by atoms with Crippen LogP contribution in [-0.2, 0) is 11.2 Å². The molecule has 0 aliphatic carbocycles. The van der Waals surface area contributed by atoms with Crippen LogP contribution in [0.1, 0.15) is 28.8 Å². The van der Waals surface area contributed by atoms with Crippen LogP contribution in [-0.4, -0.2) is 16.8 Å². The minimum atomic E-state index is -0.256. The van der Waals surface area contributed by atoms with Gasteiger partial charge in [0.25, 0.3) is 5.91 Å². The Morgan fingerprint density at radius 3 is 2.91 bits per heavy atom. The van der Waals surface area contributed by atoms with Gasteiger partial charge in [-0.25, -0.2) is 4.98 Å². The lowest BCUT2D eigenvalue weighted by atomic mass is 10.0. The highest BCUT2D eigenvalue weighted by Crippen LogP contribution is 2.23. The van der Waals surface area contributed by atoms with Gasteiger partial charge in [0.2, 0.25) is 5.91 Å². The standard InChI is InChI=1S/C16H14ClN3O2/c17-12-6-7-18-14(9-12)20-16(22)11-4-5-13-10(8-11)2-1-3-15(21)19-13/h4-9H,1-3H2,(H,19,21)(H,18,20,22). The number of fused-ring (bicyclic) bond motifs is 1. The molecule has 2 N–H and O–H groups in total. The van der Waals surface area contributed by atoms with E-state index in [1.54, 1.807) is 30.3 Å². The fourth-order valence-corrected chi connectivity index (χ4v) is 2.54. The third-order valence-corrected chi connectivity index (χ3v) is 3.69. The number of halogens is 1. The van der Waals surface area contributed by atoms with Crippen molar-refractivity contribution in [1.82, 2.24) is 4.98 Å². The third-order valence-electron chi connectivity index (χ3n) is 3.46. The molecule has 1 aliphatic heterocycles. The second-order valence-electron chi connectivity index (χ2n) is 5.09. The van der Waals surface area contributed by atoms with E-state index in [9.17, 15) is 9.59 Å². The van der Waals surface area contributed by atoms with Gasteiger partial charge in [0.1, 0.15) is 5.82 Å². The molecular formula is C16H14ClN3O2. The monoisotopic (exact) mass is 315 g/mol. The van der Waals surface area contributed by atoms with Gasteiger partial charge in [-0.3, -0.25) is 9.59 Å². The summed E-state index contributed by atoms with van der Waals surface area (Å²) >= 11 is 5.87. The van der Waals surface area contributed by atoms with Crippen LogP contribution < -0.4 is 10.6 Å². The van der Waals surface area contributed by atoms with Crippen LogP contribution in [0.4, 0.5) is 11.5 Å². The highest BCUT2D eigenvalue weighted by atomic mass is 35.5. The summed E-state index contributed by atoms with van der Waals surface area (Å²) in [6.45, 7) is 0. The van der Waals surface area contributed by atoms with Gasteiger partial charge in [-0.05, 0) is 48.7 Å². The van der Waals surface area contributed by atoms with Crippen molar-refractivity contribution in [3.05, 3.63) is 52.7 Å². The first-order valence-electron chi connectivity index (χ1n) is 6.97. The van der Waals surface area contributed by atoms with Crippen LogP contribution in [0.5, 0.6) is 0 Å². The summed E-state index contributed by atoms with van der Waals surface area (Å²) < 4.78 is 0. The fourth-order valence-electron chi connectivity index (χ4n) is 2.38. The number of carbonyl (C=O) groups is 2. The number of nitrogens with zero attached hydrogens (tertiary/aromatic N) is 1. The smallest absolute Gasteiger partial charge is 0.256 e. The van der Waals surface area contributed by atoms with Crippen molar-refractivity contribution in [2.45, 2.75) is 19.3 Å². The van der Waals surface area contributed by atoms with Crippen molar-refractivity contribution in [3.63, 3.8) is 0 Å². The number of anilines is 2. The molecule has 0 saturated carbocycles. The molecule has 0 fully saturated rings. The summed E-state index contributed by atoms with van der Waals surface area (Å²) in [5.74, 6) is 0.160. The first kappa shape index (κ1) is 14.5. The van der Waals surface area contributed by atoms with Crippen LogP contribution in [0.3, 0.4) is 0 Å². The lowest BCUT2D eigenvalue weighted by molar-refractivity contribution is -0.116. The largest absolute Gasteiger partial charge is 0.326 e. The Labute approximate surface area is 132 Å². The number of benzene rings is 1. The van der Waals surface area contributed by atoms with Gasteiger partial charge >= 0.3 is 0 Å². The Hall–Kier alpha value is -2.40. The van der Waals surface area contributed by atoms with E-state index in [2.05, 4.69) is 15.6 Å². The number of carbonyl (C=O) groups excluding carboxylic acids is 2. The van der Waals surface area contributed by atoms with Gasteiger partial charge in [-0.15, -0.1) is 0 Å². The molecule has 1 aromatic carbocycles. The Morgan fingerprint density at radius 2 is 2.09 bits per heavy atom. The van der Waals surface area contributed by atoms with Crippen molar-refractivity contribution < 1.29 is 9.59 Å². The van der Waals surface area contributed by atoms with Gasteiger partial charge in [0.05, 0.1) is 0 Å². The number of rotatable bonds is 2. The highest BCUT2D eigenvalue weighted by Gasteiger charge is 2.15. The van der Waals surface area contributed by atoms with Crippen LogP contribution in [0.15, 0.2) is 36.5 Å². The first-order valence-corrected chi connectivity index (χ1v) is 7.35. The molecule has 2 aromatic rings. The lowest BCUT2D eigenvalue weighted by Gasteiger charge is -2.09. The maximum atomic E-state index is 12.3. The molecule has 0 saturated heterocycles. The van der Waals surface area contributed by atoms with Crippen molar-refractivity contribution in [3.8, 4) is 0 Å². The molecular weight excluding hydrogens is 302 g/mol. The molecule has 5 nitrogen and oxygen atoms in total. The molecule has 0 bridgehead atoms. The number of amides is 2. The number of aromatic nitrogens is 1.